The quantitative estimate of drug-likeness (QED) is 0.883. The number of halogens is 1. The number of hydrogen-bond donors (Lipinski definition) is 2. The first-order chi connectivity index (χ1) is 8.15. The van der Waals surface area contributed by atoms with Crippen molar-refractivity contribution in [2.75, 3.05) is 6.79 Å². The predicted molar refractivity (Wildman–Crippen MR) is 72.2 cm³/mol. The zero-order valence-corrected chi connectivity index (χ0v) is 11.4. The van der Waals surface area contributed by atoms with Crippen LogP contribution in [0.25, 0.3) is 0 Å². The fourth-order valence-electron chi connectivity index (χ4n) is 1.99. The topological polar surface area (TPSA) is 64.7 Å². The number of fused-ring (bicyclic) bond motifs is 1. The van der Waals surface area contributed by atoms with Crippen molar-refractivity contribution < 1.29 is 14.6 Å². The molecule has 0 saturated carbocycles. The third-order valence-corrected chi connectivity index (χ3v) is 3.38. The minimum atomic E-state index is -0.573. The second kappa shape index (κ2) is 6.27. The van der Waals surface area contributed by atoms with Gasteiger partial charge in [-0.2, -0.15) is 0 Å². The molecule has 2 rings (SSSR count). The van der Waals surface area contributed by atoms with Crippen LogP contribution in [0.1, 0.15) is 31.9 Å². The van der Waals surface area contributed by atoms with Gasteiger partial charge in [-0.25, -0.2) is 0 Å². The van der Waals surface area contributed by atoms with Crippen LogP contribution in [0.4, 0.5) is 0 Å². The van der Waals surface area contributed by atoms with Crippen LogP contribution in [0.2, 0.25) is 0 Å². The lowest BCUT2D eigenvalue weighted by molar-refractivity contribution is 0.0865. The smallest absolute Gasteiger partial charge is 0.231 e. The lowest BCUT2D eigenvalue weighted by Gasteiger charge is -2.24. The normalized spacial score (nSPS) is 17.8. The molecule has 0 bridgehead atoms. The van der Waals surface area contributed by atoms with Gasteiger partial charge in [0, 0.05) is 5.56 Å². The molecule has 1 unspecified atom stereocenters. The number of aliphatic hydroxyl groups is 1. The van der Waals surface area contributed by atoms with Gasteiger partial charge in [0.2, 0.25) is 6.79 Å². The molecular formula is C13H20ClNO3. The van der Waals surface area contributed by atoms with Crippen molar-refractivity contribution in [2.24, 2.45) is 11.7 Å². The van der Waals surface area contributed by atoms with E-state index in [1.807, 2.05) is 32.0 Å². The standard InChI is InChI=1S/C13H19NO3.ClH/c1-3-8(2)12(15)11(14)9-5-4-6-10-13(9)17-7-16-10;/h4-6,8,11-12,15H,3,7,14H2,1-2H3;1H/t8?,11-,12+;/m1./s1. The lowest BCUT2D eigenvalue weighted by atomic mass is 9.91. The Hall–Kier alpha value is -0.970. The largest absolute Gasteiger partial charge is 0.454 e. The molecule has 18 heavy (non-hydrogen) atoms. The third-order valence-electron chi connectivity index (χ3n) is 3.38. The van der Waals surface area contributed by atoms with Gasteiger partial charge in [0.1, 0.15) is 0 Å². The van der Waals surface area contributed by atoms with Gasteiger partial charge in [0.25, 0.3) is 0 Å². The van der Waals surface area contributed by atoms with E-state index in [-0.39, 0.29) is 25.1 Å². The number of ether oxygens (including phenoxy) is 2. The van der Waals surface area contributed by atoms with E-state index >= 15 is 0 Å². The molecule has 0 aliphatic carbocycles. The highest BCUT2D eigenvalue weighted by Gasteiger charge is 2.27. The minimum absolute atomic E-state index is 0. The Kier molecular flexibility index (Phi) is 5.26. The Morgan fingerprint density at radius 3 is 2.78 bits per heavy atom. The summed E-state index contributed by atoms with van der Waals surface area (Å²) >= 11 is 0. The number of para-hydroxylation sites is 1. The van der Waals surface area contributed by atoms with E-state index in [1.165, 1.54) is 0 Å². The van der Waals surface area contributed by atoms with E-state index in [0.29, 0.717) is 11.5 Å². The number of benzene rings is 1. The van der Waals surface area contributed by atoms with Crippen molar-refractivity contribution in [1.82, 2.24) is 0 Å². The Morgan fingerprint density at radius 2 is 2.11 bits per heavy atom. The molecule has 1 aromatic carbocycles. The maximum atomic E-state index is 10.1. The Bertz CT molecular complexity index is 400. The summed E-state index contributed by atoms with van der Waals surface area (Å²) in [5, 5.41) is 10.1. The highest BCUT2D eigenvalue weighted by atomic mass is 35.5. The van der Waals surface area contributed by atoms with Crippen molar-refractivity contribution in [3.05, 3.63) is 23.8 Å². The second-order valence-electron chi connectivity index (χ2n) is 4.48. The summed E-state index contributed by atoms with van der Waals surface area (Å²) in [4.78, 5) is 0. The molecule has 5 heteroatoms. The van der Waals surface area contributed by atoms with Gasteiger partial charge in [0.05, 0.1) is 12.1 Å². The molecule has 0 fully saturated rings. The van der Waals surface area contributed by atoms with Gasteiger partial charge in [-0.15, -0.1) is 12.4 Å². The molecule has 1 heterocycles. The van der Waals surface area contributed by atoms with E-state index < -0.39 is 12.1 Å². The van der Waals surface area contributed by atoms with Gasteiger partial charge in [-0.1, -0.05) is 32.4 Å². The molecule has 102 valence electrons. The summed E-state index contributed by atoms with van der Waals surface area (Å²) in [7, 11) is 0. The van der Waals surface area contributed by atoms with E-state index in [4.69, 9.17) is 15.2 Å². The van der Waals surface area contributed by atoms with Crippen LogP contribution in [0.15, 0.2) is 18.2 Å². The highest BCUT2D eigenvalue weighted by Crippen LogP contribution is 2.39. The van der Waals surface area contributed by atoms with E-state index in [9.17, 15) is 5.11 Å². The van der Waals surface area contributed by atoms with Gasteiger partial charge < -0.3 is 20.3 Å². The SMILES string of the molecule is CCC(C)[C@H](O)[C@H](N)c1cccc2c1OCO2.Cl. The van der Waals surface area contributed by atoms with Crippen molar-refractivity contribution in [1.29, 1.82) is 0 Å². The molecule has 0 amide bonds. The summed E-state index contributed by atoms with van der Waals surface area (Å²) in [5.41, 5.74) is 6.92. The Balaban J connectivity index is 0.00000162. The average Bonchev–Trinajstić information content (AvgIpc) is 2.83. The summed E-state index contributed by atoms with van der Waals surface area (Å²) in [6, 6.07) is 5.14. The van der Waals surface area contributed by atoms with Crippen molar-refractivity contribution >= 4 is 12.4 Å². The molecule has 0 spiro atoms. The summed E-state index contributed by atoms with van der Waals surface area (Å²) in [6.45, 7) is 4.25. The zero-order valence-electron chi connectivity index (χ0n) is 10.6. The average molecular weight is 274 g/mol. The first-order valence-corrected chi connectivity index (χ1v) is 5.97. The number of nitrogens with two attached hydrogens (primary N) is 1. The molecular weight excluding hydrogens is 254 g/mol. The van der Waals surface area contributed by atoms with Crippen LogP contribution in [-0.2, 0) is 0 Å². The van der Waals surface area contributed by atoms with Crippen molar-refractivity contribution in [3.63, 3.8) is 0 Å². The third kappa shape index (κ3) is 2.71. The van der Waals surface area contributed by atoms with Crippen LogP contribution < -0.4 is 15.2 Å². The van der Waals surface area contributed by atoms with Crippen LogP contribution in [0.5, 0.6) is 11.5 Å². The van der Waals surface area contributed by atoms with Crippen molar-refractivity contribution in [3.8, 4) is 11.5 Å². The van der Waals surface area contributed by atoms with E-state index in [2.05, 4.69) is 0 Å². The van der Waals surface area contributed by atoms with Crippen LogP contribution >= 0.6 is 12.4 Å². The monoisotopic (exact) mass is 273 g/mol. The van der Waals surface area contributed by atoms with Gasteiger partial charge >= 0.3 is 0 Å². The molecule has 1 aromatic rings. The molecule has 0 saturated heterocycles. The summed E-state index contributed by atoms with van der Waals surface area (Å²) in [6.07, 6.45) is 0.317. The van der Waals surface area contributed by atoms with Gasteiger partial charge in [-0.3, -0.25) is 0 Å². The summed E-state index contributed by atoms with van der Waals surface area (Å²) in [5.74, 6) is 1.53. The Morgan fingerprint density at radius 1 is 1.39 bits per heavy atom. The van der Waals surface area contributed by atoms with Crippen molar-refractivity contribution in [2.45, 2.75) is 32.4 Å². The zero-order chi connectivity index (χ0) is 12.4. The molecule has 3 atom stereocenters. The molecule has 0 radical (unpaired) electrons. The predicted octanol–water partition coefficient (Wildman–Crippen LogP) is 2.24. The summed E-state index contributed by atoms with van der Waals surface area (Å²) < 4.78 is 10.7. The maximum Gasteiger partial charge on any atom is 0.231 e. The van der Waals surface area contributed by atoms with Crippen LogP contribution in [-0.4, -0.2) is 18.0 Å². The number of aliphatic hydroxyl groups excluding tert-OH is 1. The fraction of sp³-hybridized carbons (Fsp3) is 0.538. The molecule has 1 aliphatic heterocycles. The first kappa shape index (κ1) is 15.1. The van der Waals surface area contributed by atoms with Crippen LogP contribution in [0, 0.1) is 5.92 Å². The highest BCUT2D eigenvalue weighted by molar-refractivity contribution is 5.85. The fourth-order valence-corrected chi connectivity index (χ4v) is 1.99. The van der Waals surface area contributed by atoms with E-state index in [0.717, 1.165) is 12.0 Å². The first-order valence-electron chi connectivity index (χ1n) is 5.97. The minimum Gasteiger partial charge on any atom is -0.454 e. The van der Waals surface area contributed by atoms with Crippen LogP contribution in [0.3, 0.4) is 0 Å². The number of hydrogen-bond acceptors (Lipinski definition) is 4. The maximum absolute atomic E-state index is 10.1. The lowest BCUT2D eigenvalue weighted by Crippen LogP contribution is -2.31. The molecule has 0 aromatic heterocycles. The molecule has 4 nitrogen and oxygen atoms in total. The number of rotatable bonds is 4. The second-order valence-corrected chi connectivity index (χ2v) is 4.48. The molecule has 3 N–H and O–H groups in total. The van der Waals surface area contributed by atoms with Gasteiger partial charge in [-0.05, 0) is 12.0 Å². The Labute approximate surface area is 113 Å². The van der Waals surface area contributed by atoms with Gasteiger partial charge in [0.15, 0.2) is 11.5 Å². The molecule has 1 aliphatic rings. The van der Waals surface area contributed by atoms with E-state index in [1.54, 1.807) is 0 Å².